The lowest BCUT2D eigenvalue weighted by Crippen LogP contribution is -2.42. The standard InChI is InChI=1S/C16H22FNO/c1-3-4-5-6-16(19)18-12(2)7-8-13-11-14(17)9-10-15(13)18/h9-12H,3-8H2,1-2H3. The van der Waals surface area contributed by atoms with Crippen molar-refractivity contribution in [3.05, 3.63) is 29.6 Å². The molecule has 0 aliphatic carbocycles. The van der Waals surface area contributed by atoms with E-state index in [9.17, 15) is 9.18 Å². The van der Waals surface area contributed by atoms with Gasteiger partial charge in [-0.25, -0.2) is 4.39 Å². The lowest BCUT2D eigenvalue weighted by atomic mass is 9.96. The van der Waals surface area contributed by atoms with Crippen molar-refractivity contribution >= 4 is 11.6 Å². The minimum absolute atomic E-state index is 0.175. The zero-order chi connectivity index (χ0) is 13.8. The van der Waals surface area contributed by atoms with Crippen LogP contribution in [-0.4, -0.2) is 11.9 Å². The third kappa shape index (κ3) is 3.14. The molecule has 1 aromatic carbocycles. The minimum atomic E-state index is -0.216. The van der Waals surface area contributed by atoms with Crippen molar-refractivity contribution in [2.75, 3.05) is 4.90 Å². The Hall–Kier alpha value is -1.38. The highest BCUT2D eigenvalue weighted by Crippen LogP contribution is 2.32. The smallest absolute Gasteiger partial charge is 0.227 e. The summed E-state index contributed by atoms with van der Waals surface area (Å²) >= 11 is 0. The van der Waals surface area contributed by atoms with Gasteiger partial charge in [0.05, 0.1) is 0 Å². The van der Waals surface area contributed by atoms with Crippen molar-refractivity contribution in [3.8, 4) is 0 Å². The number of aryl methyl sites for hydroxylation is 1. The molecule has 1 heterocycles. The first-order valence-corrected chi connectivity index (χ1v) is 7.24. The van der Waals surface area contributed by atoms with Crippen molar-refractivity contribution in [1.82, 2.24) is 0 Å². The molecule has 0 bridgehead atoms. The van der Waals surface area contributed by atoms with Gasteiger partial charge in [0.25, 0.3) is 0 Å². The first kappa shape index (κ1) is 14.0. The molecule has 0 fully saturated rings. The molecule has 2 nitrogen and oxygen atoms in total. The Balaban J connectivity index is 2.18. The molecule has 1 aromatic rings. The zero-order valence-electron chi connectivity index (χ0n) is 11.8. The van der Waals surface area contributed by atoms with Gasteiger partial charge in [-0.15, -0.1) is 0 Å². The van der Waals surface area contributed by atoms with Gasteiger partial charge in [0.1, 0.15) is 5.82 Å². The van der Waals surface area contributed by atoms with E-state index in [1.165, 1.54) is 6.07 Å². The number of halogens is 1. The maximum atomic E-state index is 13.3. The molecule has 1 atom stereocenters. The average Bonchev–Trinajstić information content (AvgIpc) is 2.39. The quantitative estimate of drug-likeness (QED) is 0.750. The monoisotopic (exact) mass is 263 g/mol. The maximum Gasteiger partial charge on any atom is 0.227 e. The topological polar surface area (TPSA) is 20.3 Å². The second-order valence-electron chi connectivity index (χ2n) is 5.38. The van der Waals surface area contributed by atoms with Crippen LogP contribution in [0.5, 0.6) is 0 Å². The first-order valence-electron chi connectivity index (χ1n) is 7.24. The largest absolute Gasteiger partial charge is 0.309 e. The molecule has 1 aliphatic heterocycles. The molecule has 2 rings (SSSR count). The molecule has 0 saturated heterocycles. The predicted molar refractivity (Wildman–Crippen MR) is 75.8 cm³/mol. The van der Waals surface area contributed by atoms with Gasteiger partial charge < -0.3 is 4.90 Å². The van der Waals surface area contributed by atoms with E-state index in [1.54, 1.807) is 12.1 Å². The lowest BCUT2D eigenvalue weighted by molar-refractivity contribution is -0.119. The molecule has 0 N–H and O–H groups in total. The summed E-state index contributed by atoms with van der Waals surface area (Å²) in [6.07, 6.45) is 5.50. The van der Waals surface area contributed by atoms with E-state index in [-0.39, 0.29) is 17.8 Å². The average molecular weight is 263 g/mol. The fourth-order valence-electron chi connectivity index (χ4n) is 2.75. The van der Waals surface area contributed by atoms with Gasteiger partial charge in [-0.05, 0) is 49.9 Å². The van der Waals surface area contributed by atoms with Crippen molar-refractivity contribution in [2.45, 2.75) is 58.4 Å². The van der Waals surface area contributed by atoms with E-state index in [2.05, 4.69) is 13.8 Å². The van der Waals surface area contributed by atoms with Gasteiger partial charge in [0.2, 0.25) is 5.91 Å². The Bertz CT molecular complexity index is 458. The van der Waals surface area contributed by atoms with Gasteiger partial charge in [0, 0.05) is 18.2 Å². The number of amides is 1. The third-order valence-corrected chi connectivity index (χ3v) is 3.84. The van der Waals surface area contributed by atoms with E-state index in [1.807, 2.05) is 4.90 Å². The molecular formula is C16H22FNO. The van der Waals surface area contributed by atoms with Crippen molar-refractivity contribution in [2.24, 2.45) is 0 Å². The van der Waals surface area contributed by atoms with Gasteiger partial charge in [0.15, 0.2) is 0 Å². The molecule has 104 valence electrons. The van der Waals surface area contributed by atoms with Crippen LogP contribution in [0.25, 0.3) is 0 Å². The van der Waals surface area contributed by atoms with Crippen LogP contribution in [0.2, 0.25) is 0 Å². The summed E-state index contributed by atoms with van der Waals surface area (Å²) in [7, 11) is 0. The number of benzene rings is 1. The molecule has 1 amide bonds. The van der Waals surface area contributed by atoms with E-state index < -0.39 is 0 Å². The van der Waals surface area contributed by atoms with Crippen molar-refractivity contribution in [3.63, 3.8) is 0 Å². The van der Waals surface area contributed by atoms with Crippen LogP contribution < -0.4 is 4.90 Å². The van der Waals surface area contributed by atoms with Crippen LogP contribution in [0.15, 0.2) is 18.2 Å². The molecule has 19 heavy (non-hydrogen) atoms. The number of rotatable bonds is 4. The zero-order valence-corrected chi connectivity index (χ0v) is 11.8. The van der Waals surface area contributed by atoms with Gasteiger partial charge in [-0.2, -0.15) is 0 Å². The Labute approximate surface area is 114 Å². The summed E-state index contributed by atoms with van der Waals surface area (Å²) in [5, 5.41) is 0. The molecule has 0 aromatic heterocycles. The minimum Gasteiger partial charge on any atom is -0.309 e. The second-order valence-corrected chi connectivity index (χ2v) is 5.38. The summed E-state index contributed by atoms with van der Waals surface area (Å²) in [4.78, 5) is 14.2. The summed E-state index contributed by atoms with van der Waals surface area (Å²) in [5.41, 5.74) is 1.86. The Morgan fingerprint density at radius 2 is 2.21 bits per heavy atom. The lowest BCUT2D eigenvalue weighted by Gasteiger charge is -2.35. The second kappa shape index (κ2) is 6.18. The highest BCUT2D eigenvalue weighted by atomic mass is 19.1. The number of hydrogen-bond donors (Lipinski definition) is 0. The molecule has 0 radical (unpaired) electrons. The van der Waals surface area contributed by atoms with Gasteiger partial charge in [-0.1, -0.05) is 19.8 Å². The fourth-order valence-corrected chi connectivity index (χ4v) is 2.75. The van der Waals surface area contributed by atoms with Crippen LogP contribution in [0.4, 0.5) is 10.1 Å². The number of carbonyl (C=O) groups excluding carboxylic acids is 1. The van der Waals surface area contributed by atoms with Crippen LogP contribution in [0.1, 0.15) is 51.5 Å². The molecule has 3 heteroatoms. The Morgan fingerprint density at radius 1 is 1.42 bits per heavy atom. The summed E-state index contributed by atoms with van der Waals surface area (Å²) < 4.78 is 13.3. The molecular weight excluding hydrogens is 241 g/mol. The van der Waals surface area contributed by atoms with Gasteiger partial charge in [-0.3, -0.25) is 4.79 Å². The number of hydrogen-bond acceptors (Lipinski definition) is 1. The fraction of sp³-hybridized carbons (Fsp3) is 0.562. The van der Waals surface area contributed by atoms with Gasteiger partial charge >= 0.3 is 0 Å². The summed E-state index contributed by atoms with van der Waals surface area (Å²) in [6, 6.07) is 4.97. The molecule has 0 saturated carbocycles. The number of carbonyl (C=O) groups is 1. The predicted octanol–water partition coefficient (Wildman–Crippen LogP) is 4.07. The maximum absolute atomic E-state index is 13.3. The summed E-state index contributed by atoms with van der Waals surface area (Å²) in [6.45, 7) is 4.20. The number of unbranched alkanes of at least 4 members (excludes halogenated alkanes) is 2. The van der Waals surface area contributed by atoms with E-state index in [0.717, 1.165) is 43.4 Å². The highest BCUT2D eigenvalue weighted by molar-refractivity contribution is 5.95. The van der Waals surface area contributed by atoms with Crippen LogP contribution in [-0.2, 0) is 11.2 Å². The Kier molecular flexibility index (Phi) is 4.56. The van der Waals surface area contributed by atoms with Crippen LogP contribution in [0, 0.1) is 5.82 Å². The normalized spacial score (nSPS) is 18.3. The molecule has 1 aliphatic rings. The van der Waals surface area contributed by atoms with Crippen LogP contribution in [0.3, 0.4) is 0 Å². The highest BCUT2D eigenvalue weighted by Gasteiger charge is 2.27. The first-order chi connectivity index (χ1) is 9.13. The van der Waals surface area contributed by atoms with Crippen molar-refractivity contribution < 1.29 is 9.18 Å². The molecule has 0 spiro atoms. The molecule has 1 unspecified atom stereocenters. The van der Waals surface area contributed by atoms with E-state index in [0.29, 0.717) is 6.42 Å². The van der Waals surface area contributed by atoms with E-state index >= 15 is 0 Å². The van der Waals surface area contributed by atoms with E-state index in [4.69, 9.17) is 0 Å². The summed E-state index contributed by atoms with van der Waals surface area (Å²) in [5.74, 6) is -0.0415. The Morgan fingerprint density at radius 3 is 2.95 bits per heavy atom. The van der Waals surface area contributed by atoms with Crippen LogP contribution >= 0.6 is 0 Å². The number of anilines is 1. The number of fused-ring (bicyclic) bond motifs is 1. The number of nitrogens with zero attached hydrogens (tertiary/aromatic N) is 1. The van der Waals surface area contributed by atoms with Crippen molar-refractivity contribution in [1.29, 1.82) is 0 Å². The SMILES string of the molecule is CCCCCC(=O)N1c2ccc(F)cc2CCC1C. The third-order valence-electron chi connectivity index (χ3n) is 3.84.